The van der Waals surface area contributed by atoms with Crippen LogP contribution in [0.25, 0.3) is 11.1 Å². The van der Waals surface area contributed by atoms with Gasteiger partial charge < -0.3 is 12.4 Å². The SMILES string of the molecule is [Cl-].c1ccc(-c2ccccc2C[P+](c2ccccc2)(c2ccccc2)c2ccccc2)cc1. The van der Waals surface area contributed by atoms with Crippen LogP contribution >= 0.6 is 7.26 Å². The molecule has 0 N–H and O–H groups in total. The van der Waals surface area contributed by atoms with Crippen LogP contribution in [0, 0.1) is 0 Å². The van der Waals surface area contributed by atoms with Crippen molar-refractivity contribution in [2.75, 3.05) is 0 Å². The van der Waals surface area contributed by atoms with Gasteiger partial charge in [0.25, 0.3) is 0 Å². The van der Waals surface area contributed by atoms with E-state index in [1.807, 2.05) is 0 Å². The molecule has 0 saturated carbocycles. The second kappa shape index (κ2) is 10.6. The molecule has 0 nitrogen and oxygen atoms in total. The molecule has 5 rings (SSSR count). The largest absolute Gasteiger partial charge is 1.00 e. The third-order valence-corrected chi connectivity index (χ3v) is 10.5. The second-order valence-electron chi connectivity index (χ2n) is 8.00. The van der Waals surface area contributed by atoms with Gasteiger partial charge >= 0.3 is 0 Å². The molecule has 0 heterocycles. The van der Waals surface area contributed by atoms with Crippen molar-refractivity contribution >= 4 is 23.2 Å². The fraction of sp³-hybridized carbons (Fsp3) is 0.0323. The zero-order valence-corrected chi connectivity index (χ0v) is 20.0. The second-order valence-corrected chi connectivity index (χ2v) is 11.5. The molecular weight excluding hydrogens is 439 g/mol. The lowest BCUT2D eigenvalue weighted by Crippen LogP contribution is -3.00. The summed E-state index contributed by atoms with van der Waals surface area (Å²) >= 11 is 0. The fourth-order valence-electron chi connectivity index (χ4n) is 4.58. The molecular formula is C31H26ClP. The van der Waals surface area contributed by atoms with Crippen LogP contribution in [0.3, 0.4) is 0 Å². The van der Waals surface area contributed by atoms with Crippen LogP contribution in [0.5, 0.6) is 0 Å². The van der Waals surface area contributed by atoms with E-state index in [0.717, 1.165) is 6.16 Å². The average molecular weight is 465 g/mol. The molecule has 0 atom stereocenters. The number of hydrogen-bond acceptors (Lipinski definition) is 0. The number of hydrogen-bond donors (Lipinski definition) is 0. The van der Waals surface area contributed by atoms with Crippen LogP contribution in [-0.4, -0.2) is 0 Å². The third-order valence-electron chi connectivity index (χ3n) is 6.10. The van der Waals surface area contributed by atoms with E-state index in [2.05, 4.69) is 146 Å². The summed E-state index contributed by atoms with van der Waals surface area (Å²) in [5, 5.41) is 4.25. The molecule has 0 aliphatic heterocycles. The summed E-state index contributed by atoms with van der Waals surface area (Å²) in [6.45, 7) is 0. The summed E-state index contributed by atoms with van der Waals surface area (Å²) in [5.41, 5.74) is 3.99. The lowest BCUT2D eigenvalue weighted by molar-refractivity contribution is -0.00000612. The molecule has 5 aromatic carbocycles. The normalized spacial score (nSPS) is 10.9. The molecule has 0 aromatic heterocycles. The zero-order valence-electron chi connectivity index (χ0n) is 18.4. The van der Waals surface area contributed by atoms with Crippen molar-refractivity contribution in [3.8, 4) is 11.1 Å². The van der Waals surface area contributed by atoms with E-state index in [1.165, 1.54) is 32.6 Å². The number of rotatable bonds is 6. The maximum absolute atomic E-state index is 2.32. The Morgan fingerprint density at radius 1 is 0.394 bits per heavy atom. The smallest absolute Gasteiger partial charge is 0.116 e. The molecule has 0 amide bonds. The molecule has 0 saturated heterocycles. The topological polar surface area (TPSA) is 0 Å². The Labute approximate surface area is 203 Å². The molecule has 0 unspecified atom stereocenters. The minimum atomic E-state index is -1.92. The molecule has 33 heavy (non-hydrogen) atoms. The first-order valence-corrected chi connectivity index (χ1v) is 13.0. The molecule has 0 bridgehead atoms. The van der Waals surface area contributed by atoms with Gasteiger partial charge in [-0.2, -0.15) is 0 Å². The minimum Gasteiger partial charge on any atom is -1.00 e. The maximum Gasteiger partial charge on any atom is 0.116 e. The molecule has 0 spiro atoms. The fourth-order valence-corrected chi connectivity index (χ4v) is 8.85. The van der Waals surface area contributed by atoms with E-state index in [1.54, 1.807) is 0 Å². The first-order valence-electron chi connectivity index (χ1n) is 11.1. The van der Waals surface area contributed by atoms with E-state index in [9.17, 15) is 0 Å². The highest BCUT2D eigenvalue weighted by atomic mass is 35.5. The highest BCUT2D eigenvalue weighted by Crippen LogP contribution is 2.58. The molecule has 0 aliphatic rings. The van der Waals surface area contributed by atoms with E-state index in [4.69, 9.17) is 0 Å². The molecule has 0 aliphatic carbocycles. The highest BCUT2D eigenvalue weighted by molar-refractivity contribution is 7.95. The Morgan fingerprint density at radius 3 is 1.21 bits per heavy atom. The Bertz CT molecular complexity index is 1170. The lowest BCUT2D eigenvalue weighted by Gasteiger charge is -2.28. The van der Waals surface area contributed by atoms with Crippen molar-refractivity contribution in [3.05, 3.63) is 151 Å². The molecule has 0 fully saturated rings. The lowest BCUT2D eigenvalue weighted by atomic mass is 10.0. The van der Waals surface area contributed by atoms with Crippen molar-refractivity contribution in [3.63, 3.8) is 0 Å². The van der Waals surface area contributed by atoms with Crippen molar-refractivity contribution < 1.29 is 12.4 Å². The van der Waals surface area contributed by atoms with Gasteiger partial charge in [0.1, 0.15) is 23.2 Å². The van der Waals surface area contributed by atoms with Crippen LogP contribution in [-0.2, 0) is 6.16 Å². The van der Waals surface area contributed by atoms with Gasteiger partial charge in [-0.05, 0) is 53.1 Å². The summed E-state index contributed by atoms with van der Waals surface area (Å²) in [7, 11) is -1.92. The number of halogens is 1. The molecule has 5 aromatic rings. The van der Waals surface area contributed by atoms with E-state index in [-0.39, 0.29) is 12.4 Å². The highest BCUT2D eigenvalue weighted by Gasteiger charge is 2.45. The van der Waals surface area contributed by atoms with Crippen LogP contribution in [0.1, 0.15) is 5.56 Å². The van der Waals surface area contributed by atoms with Gasteiger partial charge in [0.2, 0.25) is 0 Å². The zero-order chi connectivity index (χ0) is 21.6. The standard InChI is InChI=1S/C31H26P.ClH/c1-5-15-26(16-6-1)31-24-14-13-17-27(31)25-32(28-18-7-2-8-19-28,29-20-9-3-10-21-29)30-22-11-4-12-23-30;/h1-24H,25H2;1H/q+1;/p-1. The first kappa shape index (κ1) is 23.0. The van der Waals surface area contributed by atoms with Crippen molar-refractivity contribution in [2.24, 2.45) is 0 Å². The first-order chi connectivity index (χ1) is 15.9. The van der Waals surface area contributed by atoms with Gasteiger partial charge in [-0.25, -0.2) is 0 Å². The summed E-state index contributed by atoms with van der Waals surface area (Å²) < 4.78 is 0. The van der Waals surface area contributed by atoms with Crippen LogP contribution < -0.4 is 28.3 Å². The average Bonchev–Trinajstić information content (AvgIpc) is 2.89. The summed E-state index contributed by atoms with van der Waals surface area (Å²) in [4.78, 5) is 0. The molecule has 2 heteroatoms. The van der Waals surface area contributed by atoms with Crippen LogP contribution in [0.15, 0.2) is 146 Å². The van der Waals surface area contributed by atoms with Gasteiger partial charge in [0.15, 0.2) is 0 Å². The van der Waals surface area contributed by atoms with Gasteiger partial charge in [0, 0.05) is 0 Å². The van der Waals surface area contributed by atoms with E-state index in [0.29, 0.717) is 0 Å². The van der Waals surface area contributed by atoms with Gasteiger partial charge in [-0.1, -0.05) is 109 Å². The predicted molar refractivity (Wildman–Crippen MR) is 141 cm³/mol. The Morgan fingerprint density at radius 2 is 0.758 bits per heavy atom. The maximum atomic E-state index is 2.32. The Hall–Kier alpha value is -3.18. The summed E-state index contributed by atoms with van der Waals surface area (Å²) in [5.74, 6) is 0. The quantitative estimate of drug-likeness (QED) is 0.335. The van der Waals surface area contributed by atoms with Crippen molar-refractivity contribution in [1.82, 2.24) is 0 Å². The number of benzene rings is 5. The summed E-state index contributed by atoms with van der Waals surface area (Å²) in [6.07, 6.45) is 0.982. The monoisotopic (exact) mass is 464 g/mol. The third kappa shape index (κ3) is 4.64. The van der Waals surface area contributed by atoms with Gasteiger partial charge in [-0.15, -0.1) is 0 Å². The Balaban J connectivity index is 0.00000259. The summed E-state index contributed by atoms with van der Waals surface area (Å²) in [6, 6.07) is 53.0. The molecule has 0 radical (unpaired) electrons. The van der Waals surface area contributed by atoms with E-state index < -0.39 is 7.26 Å². The van der Waals surface area contributed by atoms with Crippen molar-refractivity contribution in [1.29, 1.82) is 0 Å². The van der Waals surface area contributed by atoms with E-state index >= 15 is 0 Å². The van der Waals surface area contributed by atoms with Crippen LogP contribution in [0.4, 0.5) is 0 Å². The predicted octanol–water partition coefficient (Wildman–Crippen LogP) is 3.85. The van der Waals surface area contributed by atoms with Crippen molar-refractivity contribution in [2.45, 2.75) is 6.16 Å². The van der Waals surface area contributed by atoms with Gasteiger partial charge in [-0.3, -0.25) is 0 Å². The Kier molecular flexibility index (Phi) is 7.40. The molecule has 162 valence electrons. The van der Waals surface area contributed by atoms with Gasteiger partial charge in [0.05, 0.1) is 6.16 Å². The van der Waals surface area contributed by atoms with Crippen LogP contribution in [0.2, 0.25) is 0 Å². The minimum absolute atomic E-state index is 0.